The van der Waals surface area contributed by atoms with Gasteiger partial charge < -0.3 is 19.3 Å². The Bertz CT molecular complexity index is 585. The Morgan fingerprint density at radius 2 is 1.50 bits per heavy atom. The van der Waals surface area contributed by atoms with Gasteiger partial charge in [-0.25, -0.2) is 4.79 Å². The third kappa shape index (κ3) is 5.78. The first kappa shape index (κ1) is 17.6. The molecule has 0 saturated carbocycles. The van der Waals surface area contributed by atoms with Gasteiger partial charge in [0.05, 0.1) is 6.61 Å². The van der Waals surface area contributed by atoms with Crippen LogP contribution in [0, 0.1) is 0 Å². The number of para-hydroxylation sites is 2. The molecule has 0 aliphatic rings. The van der Waals surface area contributed by atoms with Crippen LogP contribution in [0.3, 0.4) is 0 Å². The standard InChI is InChI=1S/C19H20O5/c1-2-18(21)22-14-13-17(20)19(23-15-9-5-3-6-10-15)24-16-11-7-4-8-12-16/h2-12,17,19-20H,1,13-14H2. The van der Waals surface area contributed by atoms with Crippen LogP contribution in [0.15, 0.2) is 73.3 Å². The van der Waals surface area contributed by atoms with E-state index in [-0.39, 0.29) is 13.0 Å². The topological polar surface area (TPSA) is 65.0 Å². The second-order valence-electron chi connectivity index (χ2n) is 4.96. The lowest BCUT2D eigenvalue weighted by Crippen LogP contribution is -2.38. The maximum absolute atomic E-state index is 11.1. The van der Waals surface area contributed by atoms with Gasteiger partial charge in [0.25, 0.3) is 6.29 Å². The highest BCUT2D eigenvalue weighted by Crippen LogP contribution is 2.18. The Morgan fingerprint density at radius 3 is 1.96 bits per heavy atom. The first-order valence-electron chi connectivity index (χ1n) is 7.59. The Labute approximate surface area is 141 Å². The van der Waals surface area contributed by atoms with Crippen molar-refractivity contribution in [3.05, 3.63) is 73.3 Å². The van der Waals surface area contributed by atoms with Crippen LogP contribution in [0.5, 0.6) is 11.5 Å². The molecular formula is C19H20O5. The molecule has 0 aliphatic heterocycles. The van der Waals surface area contributed by atoms with Gasteiger partial charge in [0.15, 0.2) is 0 Å². The quantitative estimate of drug-likeness (QED) is 0.435. The van der Waals surface area contributed by atoms with Gasteiger partial charge in [0.2, 0.25) is 0 Å². The van der Waals surface area contributed by atoms with E-state index >= 15 is 0 Å². The molecular weight excluding hydrogens is 308 g/mol. The summed E-state index contributed by atoms with van der Waals surface area (Å²) in [5.74, 6) is 0.604. The van der Waals surface area contributed by atoms with E-state index in [1.165, 1.54) is 0 Å². The molecule has 2 aromatic rings. The van der Waals surface area contributed by atoms with E-state index in [1.807, 2.05) is 36.4 Å². The molecule has 2 rings (SSSR count). The van der Waals surface area contributed by atoms with Crippen molar-refractivity contribution >= 4 is 5.97 Å². The predicted octanol–water partition coefficient (Wildman–Crippen LogP) is 2.95. The highest BCUT2D eigenvalue weighted by atomic mass is 16.7. The van der Waals surface area contributed by atoms with Crippen LogP contribution in [0.1, 0.15) is 6.42 Å². The molecule has 1 unspecified atom stereocenters. The minimum Gasteiger partial charge on any atom is -0.462 e. The number of ether oxygens (including phenoxy) is 3. The Kier molecular flexibility index (Phi) is 6.86. The zero-order valence-corrected chi connectivity index (χ0v) is 13.2. The van der Waals surface area contributed by atoms with E-state index in [2.05, 4.69) is 6.58 Å². The van der Waals surface area contributed by atoms with Crippen LogP contribution in [0.2, 0.25) is 0 Å². The molecule has 0 fully saturated rings. The summed E-state index contributed by atoms with van der Waals surface area (Å²) < 4.78 is 16.3. The number of esters is 1. The number of carbonyl (C=O) groups excluding carboxylic acids is 1. The molecule has 0 radical (unpaired) electrons. The molecule has 0 bridgehead atoms. The third-order valence-corrected chi connectivity index (χ3v) is 3.13. The summed E-state index contributed by atoms with van der Waals surface area (Å²) in [5, 5.41) is 10.4. The number of benzene rings is 2. The molecule has 0 aliphatic carbocycles. The zero-order chi connectivity index (χ0) is 17.2. The average Bonchev–Trinajstić information content (AvgIpc) is 2.62. The maximum Gasteiger partial charge on any atom is 0.330 e. The molecule has 5 heteroatoms. The number of hydrogen-bond donors (Lipinski definition) is 1. The largest absolute Gasteiger partial charge is 0.462 e. The van der Waals surface area contributed by atoms with Gasteiger partial charge in [-0.05, 0) is 24.3 Å². The maximum atomic E-state index is 11.1. The lowest BCUT2D eigenvalue weighted by atomic mass is 10.2. The summed E-state index contributed by atoms with van der Waals surface area (Å²) in [7, 11) is 0. The molecule has 0 amide bonds. The van der Waals surface area contributed by atoms with E-state index in [9.17, 15) is 9.90 Å². The molecule has 0 spiro atoms. The lowest BCUT2D eigenvalue weighted by molar-refractivity contribution is -0.140. The lowest BCUT2D eigenvalue weighted by Gasteiger charge is -2.25. The highest BCUT2D eigenvalue weighted by molar-refractivity contribution is 5.81. The Morgan fingerprint density at radius 1 is 1.00 bits per heavy atom. The summed E-state index contributed by atoms with van der Waals surface area (Å²) >= 11 is 0. The molecule has 0 aromatic heterocycles. The van der Waals surface area contributed by atoms with Gasteiger partial charge in [0.1, 0.15) is 17.6 Å². The second kappa shape index (κ2) is 9.37. The highest BCUT2D eigenvalue weighted by Gasteiger charge is 2.23. The molecule has 0 saturated heterocycles. The normalized spacial score (nSPS) is 11.6. The summed E-state index contributed by atoms with van der Waals surface area (Å²) in [6.07, 6.45) is -0.672. The second-order valence-corrected chi connectivity index (χ2v) is 4.96. The minimum absolute atomic E-state index is 0.0405. The number of carbonyl (C=O) groups is 1. The summed E-state index contributed by atoms with van der Waals surface area (Å²) in [6.45, 7) is 3.36. The molecule has 1 N–H and O–H groups in total. The van der Waals surface area contributed by atoms with E-state index in [0.717, 1.165) is 6.08 Å². The Balaban J connectivity index is 2.00. The third-order valence-electron chi connectivity index (χ3n) is 3.13. The number of aliphatic hydroxyl groups is 1. The van der Waals surface area contributed by atoms with Gasteiger partial charge >= 0.3 is 5.97 Å². The van der Waals surface area contributed by atoms with E-state index in [4.69, 9.17) is 14.2 Å². The first-order chi connectivity index (χ1) is 11.7. The van der Waals surface area contributed by atoms with E-state index in [0.29, 0.717) is 11.5 Å². The fraction of sp³-hybridized carbons (Fsp3) is 0.211. The molecule has 1 atom stereocenters. The van der Waals surface area contributed by atoms with Crippen LogP contribution in [0.4, 0.5) is 0 Å². The fourth-order valence-corrected chi connectivity index (χ4v) is 1.92. The van der Waals surface area contributed by atoms with Gasteiger partial charge in [0, 0.05) is 12.5 Å². The number of hydrogen-bond acceptors (Lipinski definition) is 5. The predicted molar refractivity (Wildman–Crippen MR) is 89.7 cm³/mol. The first-order valence-corrected chi connectivity index (χ1v) is 7.59. The molecule has 5 nitrogen and oxygen atoms in total. The smallest absolute Gasteiger partial charge is 0.330 e. The van der Waals surface area contributed by atoms with Crippen molar-refractivity contribution < 1.29 is 24.1 Å². The monoisotopic (exact) mass is 328 g/mol. The van der Waals surface area contributed by atoms with Crippen LogP contribution in [-0.4, -0.2) is 30.1 Å². The van der Waals surface area contributed by atoms with Gasteiger partial charge in [-0.2, -0.15) is 0 Å². The van der Waals surface area contributed by atoms with Gasteiger partial charge in [-0.3, -0.25) is 0 Å². The van der Waals surface area contributed by atoms with Gasteiger partial charge in [-0.15, -0.1) is 0 Å². The van der Waals surface area contributed by atoms with Crippen LogP contribution >= 0.6 is 0 Å². The number of aliphatic hydroxyl groups excluding tert-OH is 1. The zero-order valence-electron chi connectivity index (χ0n) is 13.2. The van der Waals surface area contributed by atoms with Crippen LogP contribution in [0.25, 0.3) is 0 Å². The molecule has 24 heavy (non-hydrogen) atoms. The van der Waals surface area contributed by atoms with E-state index in [1.54, 1.807) is 24.3 Å². The van der Waals surface area contributed by atoms with E-state index < -0.39 is 18.4 Å². The summed E-state index contributed by atoms with van der Waals surface area (Å²) in [6, 6.07) is 18.1. The average molecular weight is 328 g/mol. The van der Waals surface area contributed by atoms with Crippen LogP contribution < -0.4 is 9.47 Å². The van der Waals surface area contributed by atoms with Crippen molar-refractivity contribution in [1.29, 1.82) is 0 Å². The van der Waals surface area contributed by atoms with Gasteiger partial charge in [-0.1, -0.05) is 43.0 Å². The fourth-order valence-electron chi connectivity index (χ4n) is 1.92. The van der Waals surface area contributed by atoms with Crippen molar-refractivity contribution in [2.24, 2.45) is 0 Å². The number of rotatable bonds is 9. The molecule has 0 heterocycles. The van der Waals surface area contributed by atoms with Crippen molar-refractivity contribution in [3.8, 4) is 11.5 Å². The molecule has 2 aromatic carbocycles. The SMILES string of the molecule is C=CC(=O)OCCC(O)C(Oc1ccccc1)Oc1ccccc1. The minimum atomic E-state index is -0.983. The van der Waals surface area contributed by atoms with Crippen molar-refractivity contribution in [2.75, 3.05) is 6.61 Å². The summed E-state index contributed by atoms with van der Waals surface area (Å²) in [5.41, 5.74) is 0. The van der Waals surface area contributed by atoms with Crippen LogP contribution in [-0.2, 0) is 9.53 Å². The van der Waals surface area contributed by atoms with Crippen molar-refractivity contribution in [2.45, 2.75) is 18.8 Å². The van der Waals surface area contributed by atoms with Crippen molar-refractivity contribution in [3.63, 3.8) is 0 Å². The summed E-state index contributed by atoms with van der Waals surface area (Å²) in [4.78, 5) is 11.1. The van der Waals surface area contributed by atoms with Crippen molar-refractivity contribution in [1.82, 2.24) is 0 Å². The molecule has 126 valence electrons. The Hall–Kier alpha value is -2.79.